The first-order chi connectivity index (χ1) is 9.77. The molecule has 0 aromatic carbocycles. The van der Waals surface area contributed by atoms with Gasteiger partial charge in [-0.15, -0.1) is 0 Å². The number of nitrogens with zero attached hydrogens (tertiary/aromatic N) is 3. The zero-order chi connectivity index (χ0) is 15.6. The summed E-state index contributed by atoms with van der Waals surface area (Å²) in [5.74, 6) is 0.563. The molecular formula is C15H25N3O3. The number of aromatic nitrogens is 1. The molecule has 1 aromatic heterocycles. The zero-order valence-corrected chi connectivity index (χ0v) is 13.3. The molecule has 0 unspecified atom stereocenters. The highest BCUT2D eigenvalue weighted by Crippen LogP contribution is 2.20. The number of amides is 1. The number of aliphatic hydroxyl groups excluding tert-OH is 1. The lowest BCUT2D eigenvalue weighted by Crippen LogP contribution is -2.51. The molecule has 1 aromatic rings. The third kappa shape index (κ3) is 4.04. The maximum atomic E-state index is 12.2. The van der Waals surface area contributed by atoms with Crippen molar-refractivity contribution >= 4 is 5.91 Å². The first-order valence-electron chi connectivity index (χ1n) is 7.40. The van der Waals surface area contributed by atoms with Crippen LogP contribution in [0.4, 0.5) is 0 Å². The Kier molecular flexibility index (Phi) is 4.68. The molecule has 0 spiro atoms. The van der Waals surface area contributed by atoms with Gasteiger partial charge in [-0.25, -0.2) is 0 Å². The van der Waals surface area contributed by atoms with Crippen molar-refractivity contribution in [3.05, 3.63) is 17.5 Å². The van der Waals surface area contributed by atoms with E-state index in [1.165, 1.54) is 0 Å². The van der Waals surface area contributed by atoms with Crippen LogP contribution in [0, 0.1) is 12.3 Å². The molecule has 6 heteroatoms. The molecule has 0 aliphatic carbocycles. The van der Waals surface area contributed by atoms with Crippen LogP contribution in [0.2, 0.25) is 0 Å². The summed E-state index contributed by atoms with van der Waals surface area (Å²) in [6, 6.07) is 1.66. The fourth-order valence-electron chi connectivity index (χ4n) is 2.28. The number of hydrogen-bond donors (Lipinski definition) is 1. The van der Waals surface area contributed by atoms with Crippen molar-refractivity contribution in [2.75, 3.05) is 32.7 Å². The van der Waals surface area contributed by atoms with E-state index in [1.807, 2.05) is 20.8 Å². The Hall–Kier alpha value is -1.40. The van der Waals surface area contributed by atoms with Crippen molar-refractivity contribution < 1.29 is 14.4 Å². The topological polar surface area (TPSA) is 69.8 Å². The molecule has 21 heavy (non-hydrogen) atoms. The van der Waals surface area contributed by atoms with Gasteiger partial charge in [-0.1, -0.05) is 25.9 Å². The lowest BCUT2D eigenvalue weighted by molar-refractivity contribution is 0.0135. The lowest BCUT2D eigenvalue weighted by atomic mass is 9.89. The molecule has 1 aliphatic rings. The molecule has 1 fully saturated rings. The Balaban J connectivity index is 1.84. The molecular weight excluding hydrogens is 270 g/mol. The number of carbonyl (C=O) groups excluding carboxylic acids is 1. The quantitative estimate of drug-likeness (QED) is 0.906. The van der Waals surface area contributed by atoms with Gasteiger partial charge in [0.2, 0.25) is 0 Å². The molecule has 1 atom stereocenters. The van der Waals surface area contributed by atoms with Crippen LogP contribution in [0.3, 0.4) is 0 Å². The van der Waals surface area contributed by atoms with Crippen molar-refractivity contribution in [2.45, 2.75) is 33.8 Å². The Labute approximate surface area is 125 Å². The van der Waals surface area contributed by atoms with E-state index in [0.717, 1.165) is 13.1 Å². The smallest absolute Gasteiger partial charge is 0.276 e. The predicted molar refractivity (Wildman–Crippen MR) is 79.0 cm³/mol. The predicted octanol–water partition coefficient (Wildman–Crippen LogP) is 1.15. The second kappa shape index (κ2) is 6.15. The summed E-state index contributed by atoms with van der Waals surface area (Å²) in [4.78, 5) is 16.2. The molecule has 2 rings (SSSR count). The molecule has 1 saturated heterocycles. The minimum Gasteiger partial charge on any atom is -0.391 e. The minimum atomic E-state index is -0.363. The Morgan fingerprint density at radius 2 is 2.00 bits per heavy atom. The number of hydrogen-bond acceptors (Lipinski definition) is 5. The number of carbonyl (C=O) groups is 1. The van der Waals surface area contributed by atoms with Crippen LogP contribution in [0.5, 0.6) is 0 Å². The monoisotopic (exact) mass is 295 g/mol. The van der Waals surface area contributed by atoms with Crippen molar-refractivity contribution in [1.29, 1.82) is 0 Å². The average molecular weight is 295 g/mol. The van der Waals surface area contributed by atoms with Gasteiger partial charge in [-0.3, -0.25) is 9.69 Å². The average Bonchev–Trinajstić information content (AvgIpc) is 2.84. The highest BCUT2D eigenvalue weighted by Gasteiger charge is 2.28. The highest BCUT2D eigenvalue weighted by atomic mass is 16.5. The van der Waals surface area contributed by atoms with E-state index < -0.39 is 0 Å². The third-order valence-corrected chi connectivity index (χ3v) is 3.94. The maximum absolute atomic E-state index is 12.2. The highest BCUT2D eigenvalue weighted by molar-refractivity contribution is 5.92. The van der Waals surface area contributed by atoms with Crippen LogP contribution in [0.25, 0.3) is 0 Å². The maximum Gasteiger partial charge on any atom is 0.276 e. The summed E-state index contributed by atoms with van der Waals surface area (Å²) < 4.78 is 4.95. The number of piperazine rings is 1. The Morgan fingerprint density at radius 3 is 2.48 bits per heavy atom. The molecule has 6 nitrogen and oxygen atoms in total. The van der Waals surface area contributed by atoms with E-state index in [2.05, 4.69) is 10.1 Å². The van der Waals surface area contributed by atoms with Crippen molar-refractivity contribution in [3.8, 4) is 0 Å². The van der Waals surface area contributed by atoms with Gasteiger partial charge in [0, 0.05) is 38.8 Å². The normalized spacial score (nSPS) is 18.8. The summed E-state index contributed by atoms with van der Waals surface area (Å²) >= 11 is 0. The van der Waals surface area contributed by atoms with Crippen LogP contribution in [-0.2, 0) is 0 Å². The van der Waals surface area contributed by atoms with E-state index in [4.69, 9.17) is 4.52 Å². The second-order valence-electron chi connectivity index (χ2n) is 6.80. The van der Waals surface area contributed by atoms with E-state index >= 15 is 0 Å². The number of β-amino-alcohol motifs (C(OH)–C–C–N with tert-alkyl or cyclic N) is 1. The molecule has 1 N–H and O–H groups in total. The molecule has 2 heterocycles. The molecule has 118 valence electrons. The summed E-state index contributed by atoms with van der Waals surface area (Å²) in [7, 11) is 0. The van der Waals surface area contributed by atoms with E-state index in [0.29, 0.717) is 31.1 Å². The fourth-order valence-corrected chi connectivity index (χ4v) is 2.28. The van der Waals surface area contributed by atoms with Gasteiger partial charge in [0.15, 0.2) is 5.69 Å². The van der Waals surface area contributed by atoms with Crippen LogP contribution in [0.1, 0.15) is 37.0 Å². The number of aliphatic hydroxyl groups is 1. The van der Waals surface area contributed by atoms with Gasteiger partial charge in [0.25, 0.3) is 5.91 Å². The van der Waals surface area contributed by atoms with Gasteiger partial charge in [-0.05, 0) is 12.3 Å². The molecule has 0 saturated carbocycles. The molecule has 0 bridgehead atoms. The molecule has 1 aliphatic heterocycles. The largest absolute Gasteiger partial charge is 0.391 e. The van der Waals surface area contributed by atoms with Gasteiger partial charge >= 0.3 is 0 Å². The zero-order valence-electron chi connectivity index (χ0n) is 13.3. The van der Waals surface area contributed by atoms with Gasteiger partial charge < -0.3 is 14.5 Å². The van der Waals surface area contributed by atoms with Gasteiger partial charge in [0.1, 0.15) is 5.76 Å². The van der Waals surface area contributed by atoms with E-state index in [9.17, 15) is 9.90 Å². The van der Waals surface area contributed by atoms with Gasteiger partial charge in [-0.2, -0.15) is 0 Å². The van der Waals surface area contributed by atoms with E-state index in [1.54, 1.807) is 17.9 Å². The van der Waals surface area contributed by atoms with Crippen LogP contribution in [-0.4, -0.2) is 64.8 Å². The van der Waals surface area contributed by atoms with Crippen LogP contribution < -0.4 is 0 Å². The summed E-state index contributed by atoms with van der Waals surface area (Å²) in [5, 5.41) is 13.9. The number of aryl methyl sites for hydroxylation is 1. The van der Waals surface area contributed by atoms with Crippen molar-refractivity contribution in [1.82, 2.24) is 15.0 Å². The second-order valence-corrected chi connectivity index (χ2v) is 6.80. The van der Waals surface area contributed by atoms with Gasteiger partial charge in [0.05, 0.1) is 6.10 Å². The standard InChI is InChI=1S/C15H25N3O3/c1-11-9-12(16-21-11)14(20)18-7-5-17(6-8-18)10-13(19)15(2,3)4/h9,13,19H,5-8,10H2,1-4H3/t13-/m0/s1. The summed E-state index contributed by atoms with van der Waals surface area (Å²) in [5.41, 5.74) is 0.251. The molecule has 1 amide bonds. The first-order valence-corrected chi connectivity index (χ1v) is 7.40. The first kappa shape index (κ1) is 16.0. The Morgan fingerprint density at radius 1 is 1.38 bits per heavy atom. The van der Waals surface area contributed by atoms with Crippen molar-refractivity contribution in [3.63, 3.8) is 0 Å². The van der Waals surface area contributed by atoms with E-state index in [-0.39, 0.29) is 17.4 Å². The minimum absolute atomic E-state index is 0.0807. The van der Waals surface area contributed by atoms with Crippen molar-refractivity contribution in [2.24, 2.45) is 5.41 Å². The third-order valence-electron chi connectivity index (χ3n) is 3.94. The Bertz CT molecular complexity index is 485. The van der Waals surface area contributed by atoms with Crippen LogP contribution >= 0.6 is 0 Å². The molecule has 0 radical (unpaired) electrons. The van der Waals surface area contributed by atoms with Crippen LogP contribution in [0.15, 0.2) is 10.6 Å². The SMILES string of the molecule is Cc1cc(C(=O)N2CCN(C[C@H](O)C(C)(C)C)CC2)no1. The summed E-state index contributed by atoms with van der Waals surface area (Å²) in [6.45, 7) is 11.4. The lowest BCUT2D eigenvalue weighted by Gasteiger charge is -2.37. The summed E-state index contributed by atoms with van der Waals surface area (Å²) in [6.07, 6.45) is -0.363. The fraction of sp³-hybridized carbons (Fsp3) is 0.733. The number of rotatable bonds is 3.